The lowest BCUT2D eigenvalue weighted by molar-refractivity contribution is 0.407. The first kappa shape index (κ1) is 9.29. The fourth-order valence-electron chi connectivity index (χ4n) is 0.950. The summed E-state index contributed by atoms with van der Waals surface area (Å²) in [5.74, 6) is 0.702. The quantitative estimate of drug-likeness (QED) is 0.773. The average Bonchev–Trinajstić information content (AvgIpc) is 2.08. The maximum atomic E-state index is 5.72. The lowest BCUT2D eigenvalue weighted by Gasteiger charge is -2.05. The van der Waals surface area contributed by atoms with Crippen molar-refractivity contribution in [1.29, 1.82) is 0 Å². The standard InChI is InChI=1S/C8H11ClN2O/c1-12-8-4-6(9)5-11-7(8)2-3-10/h4-5H,2-3,10H2,1H3. The SMILES string of the molecule is COc1cc(Cl)cnc1CCN. The van der Waals surface area contributed by atoms with Gasteiger partial charge in [-0.1, -0.05) is 11.6 Å². The summed E-state index contributed by atoms with van der Waals surface area (Å²) in [7, 11) is 1.59. The highest BCUT2D eigenvalue weighted by atomic mass is 35.5. The van der Waals surface area contributed by atoms with Gasteiger partial charge in [0.2, 0.25) is 0 Å². The van der Waals surface area contributed by atoms with Gasteiger partial charge in [0.15, 0.2) is 0 Å². The van der Waals surface area contributed by atoms with Gasteiger partial charge >= 0.3 is 0 Å². The molecule has 1 aromatic rings. The predicted octanol–water partition coefficient (Wildman–Crippen LogP) is 1.24. The number of rotatable bonds is 3. The monoisotopic (exact) mass is 186 g/mol. The van der Waals surface area contributed by atoms with E-state index < -0.39 is 0 Å². The van der Waals surface area contributed by atoms with Crippen molar-refractivity contribution in [2.75, 3.05) is 13.7 Å². The van der Waals surface area contributed by atoms with Crippen LogP contribution in [0.25, 0.3) is 0 Å². The molecule has 2 N–H and O–H groups in total. The van der Waals surface area contributed by atoms with Gasteiger partial charge < -0.3 is 10.5 Å². The Morgan fingerprint density at radius 2 is 2.42 bits per heavy atom. The molecule has 3 nitrogen and oxygen atoms in total. The number of halogens is 1. The van der Waals surface area contributed by atoms with Gasteiger partial charge in [0, 0.05) is 18.7 Å². The van der Waals surface area contributed by atoms with Crippen molar-refractivity contribution < 1.29 is 4.74 Å². The van der Waals surface area contributed by atoms with E-state index in [0.29, 0.717) is 23.7 Å². The second-order valence-corrected chi connectivity index (χ2v) is 2.78. The van der Waals surface area contributed by atoms with Gasteiger partial charge in [0.25, 0.3) is 0 Å². The number of methoxy groups -OCH3 is 1. The van der Waals surface area contributed by atoms with Crippen molar-refractivity contribution in [2.45, 2.75) is 6.42 Å². The Morgan fingerprint density at radius 1 is 1.67 bits per heavy atom. The first-order valence-electron chi connectivity index (χ1n) is 3.66. The molecule has 1 aromatic heterocycles. The number of pyridine rings is 1. The van der Waals surface area contributed by atoms with E-state index in [9.17, 15) is 0 Å². The Balaban J connectivity index is 2.94. The minimum Gasteiger partial charge on any atom is -0.495 e. The van der Waals surface area contributed by atoms with Crippen molar-refractivity contribution in [2.24, 2.45) is 5.73 Å². The molecule has 1 heterocycles. The minimum absolute atomic E-state index is 0.561. The molecular weight excluding hydrogens is 176 g/mol. The Labute approximate surface area is 76.5 Å². The molecule has 0 amide bonds. The molecule has 0 radical (unpaired) electrons. The highest BCUT2D eigenvalue weighted by Crippen LogP contribution is 2.20. The van der Waals surface area contributed by atoms with Gasteiger partial charge in [-0.15, -0.1) is 0 Å². The smallest absolute Gasteiger partial charge is 0.141 e. The van der Waals surface area contributed by atoms with E-state index in [1.54, 1.807) is 19.4 Å². The zero-order valence-corrected chi connectivity index (χ0v) is 7.64. The number of aromatic nitrogens is 1. The fourth-order valence-corrected chi connectivity index (χ4v) is 1.10. The first-order chi connectivity index (χ1) is 5.77. The molecule has 0 aliphatic heterocycles. The van der Waals surface area contributed by atoms with E-state index in [-0.39, 0.29) is 0 Å². The van der Waals surface area contributed by atoms with Gasteiger partial charge in [-0.3, -0.25) is 4.98 Å². The summed E-state index contributed by atoms with van der Waals surface area (Å²) >= 11 is 5.72. The Kier molecular flexibility index (Phi) is 3.31. The molecule has 0 spiro atoms. The number of hydrogen-bond acceptors (Lipinski definition) is 3. The molecule has 0 fully saturated rings. The first-order valence-corrected chi connectivity index (χ1v) is 4.04. The van der Waals surface area contributed by atoms with Crippen molar-refractivity contribution in [3.05, 3.63) is 23.0 Å². The van der Waals surface area contributed by atoms with Crippen LogP contribution in [0.3, 0.4) is 0 Å². The van der Waals surface area contributed by atoms with Crippen LogP contribution < -0.4 is 10.5 Å². The van der Waals surface area contributed by atoms with Crippen LogP contribution in [0.15, 0.2) is 12.3 Å². The van der Waals surface area contributed by atoms with Crippen LogP contribution in [0.1, 0.15) is 5.69 Å². The highest BCUT2D eigenvalue weighted by Gasteiger charge is 2.03. The number of nitrogens with two attached hydrogens (primary N) is 1. The zero-order chi connectivity index (χ0) is 8.97. The third-order valence-electron chi connectivity index (χ3n) is 1.50. The van der Waals surface area contributed by atoms with Crippen LogP contribution >= 0.6 is 11.6 Å². The van der Waals surface area contributed by atoms with Crippen molar-refractivity contribution in [1.82, 2.24) is 4.98 Å². The molecule has 0 atom stereocenters. The normalized spacial score (nSPS) is 9.92. The van der Waals surface area contributed by atoms with Crippen LogP contribution in [0, 0.1) is 0 Å². The van der Waals surface area contributed by atoms with Gasteiger partial charge in [-0.25, -0.2) is 0 Å². The Morgan fingerprint density at radius 3 is 3.00 bits per heavy atom. The largest absolute Gasteiger partial charge is 0.495 e. The van der Waals surface area contributed by atoms with E-state index in [0.717, 1.165) is 5.69 Å². The summed E-state index contributed by atoms with van der Waals surface area (Å²) in [4.78, 5) is 4.10. The van der Waals surface area contributed by atoms with Crippen LogP contribution in [-0.2, 0) is 6.42 Å². The van der Waals surface area contributed by atoms with E-state index in [4.69, 9.17) is 22.1 Å². The van der Waals surface area contributed by atoms with Crippen LogP contribution in [0.5, 0.6) is 5.75 Å². The summed E-state index contributed by atoms with van der Waals surface area (Å²) in [6, 6.07) is 1.74. The topological polar surface area (TPSA) is 48.1 Å². The molecule has 0 aliphatic carbocycles. The zero-order valence-electron chi connectivity index (χ0n) is 6.88. The summed E-state index contributed by atoms with van der Waals surface area (Å²) in [6.45, 7) is 0.561. The molecule has 0 saturated carbocycles. The van der Waals surface area contributed by atoms with Gasteiger partial charge in [0.05, 0.1) is 17.8 Å². The molecule has 4 heteroatoms. The summed E-state index contributed by atoms with van der Waals surface area (Å²) in [5, 5.41) is 0.577. The van der Waals surface area contributed by atoms with Crippen molar-refractivity contribution in [3.8, 4) is 5.75 Å². The molecule has 0 saturated heterocycles. The minimum atomic E-state index is 0.561. The summed E-state index contributed by atoms with van der Waals surface area (Å²) < 4.78 is 5.08. The highest BCUT2D eigenvalue weighted by molar-refractivity contribution is 6.30. The van der Waals surface area contributed by atoms with Gasteiger partial charge in [-0.2, -0.15) is 0 Å². The second-order valence-electron chi connectivity index (χ2n) is 2.34. The lowest BCUT2D eigenvalue weighted by Crippen LogP contribution is -2.05. The van der Waals surface area contributed by atoms with E-state index in [1.165, 1.54) is 0 Å². The summed E-state index contributed by atoms with van der Waals surface area (Å²) in [6.07, 6.45) is 2.30. The number of ether oxygens (including phenoxy) is 1. The molecule has 0 unspecified atom stereocenters. The van der Waals surface area contributed by atoms with Crippen LogP contribution in [0.2, 0.25) is 5.02 Å². The van der Waals surface area contributed by atoms with Crippen molar-refractivity contribution in [3.63, 3.8) is 0 Å². The van der Waals surface area contributed by atoms with Crippen molar-refractivity contribution >= 4 is 11.6 Å². The predicted molar refractivity (Wildman–Crippen MR) is 48.6 cm³/mol. The lowest BCUT2D eigenvalue weighted by atomic mass is 10.2. The molecule has 0 aliphatic rings. The maximum absolute atomic E-state index is 5.72. The number of nitrogens with zero attached hydrogens (tertiary/aromatic N) is 1. The molecule has 12 heavy (non-hydrogen) atoms. The second kappa shape index (κ2) is 4.28. The Bertz CT molecular complexity index is 265. The molecule has 66 valence electrons. The molecule has 1 rings (SSSR count). The van der Waals surface area contributed by atoms with E-state index >= 15 is 0 Å². The van der Waals surface area contributed by atoms with Crippen LogP contribution in [-0.4, -0.2) is 18.6 Å². The van der Waals surface area contributed by atoms with Gasteiger partial charge in [0.1, 0.15) is 5.75 Å². The summed E-state index contributed by atoms with van der Waals surface area (Å²) in [5.41, 5.74) is 6.24. The number of hydrogen-bond donors (Lipinski definition) is 1. The molecule has 0 aromatic carbocycles. The molecule has 0 bridgehead atoms. The third kappa shape index (κ3) is 2.09. The van der Waals surface area contributed by atoms with Crippen LogP contribution in [0.4, 0.5) is 0 Å². The van der Waals surface area contributed by atoms with Gasteiger partial charge in [-0.05, 0) is 6.54 Å². The third-order valence-corrected chi connectivity index (χ3v) is 1.70. The molecular formula is C8H11ClN2O. The van der Waals surface area contributed by atoms with E-state index in [1.807, 2.05) is 0 Å². The fraction of sp³-hybridized carbons (Fsp3) is 0.375. The van der Waals surface area contributed by atoms with E-state index in [2.05, 4.69) is 4.98 Å². The maximum Gasteiger partial charge on any atom is 0.141 e. The Hall–Kier alpha value is -0.800. The average molecular weight is 187 g/mol.